The third kappa shape index (κ3) is 6.04. The maximum Gasteiger partial charge on any atom is 0.242 e. The summed E-state index contributed by atoms with van der Waals surface area (Å²) in [6.45, 7) is 6.54. The second kappa shape index (κ2) is 9.78. The second-order valence-electron chi connectivity index (χ2n) is 5.44. The van der Waals surface area contributed by atoms with Crippen LogP contribution in [0.15, 0.2) is 18.2 Å². The molecule has 1 N–H and O–H groups in total. The van der Waals surface area contributed by atoms with E-state index in [-0.39, 0.29) is 11.8 Å². The van der Waals surface area contributed by atoms with Crippen LogP contribution in [0.2, 0.25) is 10.0 Å². The topological polar surface area (TPSA) is 49.4 Å². The molecular formula is C17H24Cl2N2O2. The van der Waals surface area contributed by atoms with Crippen LogP contribution in [-0.2, 0) is 16.1 Å². The highest BCUT2D eigenvalue weighted by Gasteiger charge is 2.24. The molecule has 0 heterocycles. The first-order valence-corrected chi connectivity index (χ1v) is 8.67. The lowest BCUT2D eigenvalue weighted by Crippen LogP contribution is -2.47. The molecule has 1 unspecified atom stereocenters. The van der Waals surface area contributed by atoms with Crippen LogP contribution in [0.3, 0.4) is 0 Å². The lowest BCUT2D eigenvalue weighted by atomic mass is 10.1. The summed E-state index contributed by atoms with van der Waals surface area (Å²) in [4.78, 5) is 26.0. The maximum atomic E-state index is 12.2. The van der Waals surface area contributed by atoms with Crippen molar-refractivity contribution in [3.63, 3.8) is 0 Å². The third-order valence-corrected chi connectivity index (χ3v) is 4.38. The normalized spacial score (nSPS) is 11.9. The third-order valence-electron chi connectivity index (χ3n) is 3.64. The van der Waals surface area contributed by atoms with Gasteiger partial charge in [0.1, 0.15) is 6.04 Å². The van der Waals surface area contributed by atoms with Gasteiger partial charge in [0.05, 0.1) is 10.0 Å². The van der Waals surface area contributed by atoms with Crippen molar-refractivity contribution in [3.8, 4) is 0 Å². The molecule has 0 fully saturated rings. The van der Waals surface area contributed by atoms with E-state index in [0.717, 1.165) is 18.4 Å². The zero-order chi connectivity index (χ0) is 17.4. The lowest BCUT2D eigenvalue weighted by Gasteiger charge is -2.28. The monoisotopic (exact) mass is 358 g/mol. The number of nitrogens with zero attached hydrogens (tertiary/aromatic N) is 1. The number of rotatable bonds is 8. The predicted octanol–water partition coefficient (Wildman–Crippen LogP) is 4.04. The first-order valence-electron chi connectivity index (χ1n) is 7.91. The van der Waals surface area contributed by atoms with Crippen molar-refractivity contribution in [3.05, 3.63) is 33.8 Å². The van der Waals surface area contributed by atoms with Crippen molar-refractivity contribution in [2.75, 3.05) is 6.54 Å². The van der Waals surface area contributed by atoms with Crippen molar-refractivity contribution in [2.45, 2.75) is 52.6 Å². The number of carbonyl (C=O) groups excluding carboxylic acids is 2. The summed E-state index contributed by atoms with van der Waals surface area (Å²) in [7, 11) is 0. The number of hydrogen-bond donors (Lipinski definition) is 1. The summed E-state index contributed by atoms with van der Waals surface area (Å²) >= 11 is 11.9. The number of carbonyl (C=O) groups is 2. The van der Waals surface area contributed by atoms with Crippen LogP contribution in [-0.4, -0.2) is 29.3 Å². The largest absolute Gasteiger partial charge is 0.354 e. The summed E-state index contributed by atoms with van der Waals surface area (Å²) in [6, 6.07) is 4.70. The molecule has 23 heavy (non-hydrogen) atoms. The smallest absolute Gasteiger partial charge is 0.242 e. The van der Waals surface area contributed by atoms with Crippen LogP contribution in [0.1, 0.15) is 45.6 Å². The van der Waals surface area contributed by atoms with Gasteiger partial charge < -0.3 is 10.2 Å². The fourth-order valence-corrected chi connectivity index (χ4v) is 2.48. The second-order valence-corrected chi connectivity index (χ2v) is 6.26. The predicted molar refractivity (Wildman–Crippen MR) is 94.7 cm³/mol. The Hall–Kier alpha value is -1.26. The first-order chi connectivity index (χ1) is 10.9. The molecule has 0 aliphatic rings. The van der Waals surface area contributed by atoms with Gasteiger partial charge in [-0.3, -0.25) is 9.59 Å². The Morgan fingerprint density at radius 3 is 2.48 bits per heavy atom. The Balaban J connectivity index is 2.84. The molecule has 0 radical (unpaired) electrons. The molecule has 0 aliphatic heterocycles. The van der Waals surface area contributed by atoms with Crippen LogP contribution in [0, 0.1) is 0 Å². The van der Waals surface area contributed by atoms with E-state index in [1.54, 1.807) is 30.9 Å². The molecule has 2 amide bonds. The van der Waals surface area contributed by atoms with E-state index in [1.807, 2.05) is 6.07 Å². The molecule has 1 atom stereocenters. The number of amides is 2. The van der Waals surface area contributed by atoms with Crippen molar-refractivity contribution in [2.24, 2.45) is 0 Å². The Bertz CT molecular complexity index is 549. The molecule has 128 valence electrons. The van der Waals surface area contributed by atoms with E-state index < -0.39 is 6.04 Å². The molecule has 0 saturated heterocycles. The number of nitrogens with one attached hydrogen (secondary N) is 1. The van der Waals surface area contributed by atoms with Gasteiger partial charge in [-0.25, -0.2) is 0 Å². The van der Waals surface area contributed by atoms with Crippen LogP contribution in [0.25, 0.3) is 0 Å². The molecule has 0 saturated carbocycles. The molecule has 1 aromatic carbocycles. The molecule has 4 nitrogen and oxygen atoms in total. The Kier molecular flexibility index (Phi) is 8.42. The van der Waals surface area contributed by atoms with Crippen molar-refractivity contribution in [1.82, 2.24) is 10.2 Å². The Morgan fingerprint density at radius 1 is 1.22 bits per heavy atom. The van der Waals surface area contributed by atoms with E-state index in [4.69, 9.17) is 23.2 Å². The summed E-state index contributed by atoms with van der Waals surface area (Å²) in [5, 5.41) is 3.77. The van der Waals surface area contributed by atoms with Crippen molar-refractivity contribution < 1.29 is 9.59 Å². The van der Waals surface area contributed by atoms with Crippen LogP contribution < -0.4 is 5.32 Å². The fraction of sp³-hybridized carbons (Fsp3) is 0.529. The molecule has 1 aromatic rings. The van der Waals surface area contributed by atoms with Crippen molar-refractivity contribution >= 4 is 35.0 Å². The van der Waals surface area contributed by atoms with Gasteiger partial charge in [-0.1, -0.05) is 49.5 Å². The van der Waals surface area contributed by atoms with E-state index in [0.29, 0.717) is 29.6 Å². The zero-order valence-electron chi connectivity index (χ0n) is 13.9. The maximum absolute atomic E-state index is 12.2. The van der Waals surface area contributed by atoms with Gasteiger partial charge >= 0.3 is 0 Å². The molecule has 0 aromatic heterocycles. The summed E-state index contributed by atoms with van der Waals surface area (Å²) < 4.78 is 0. The Morgan fingerprint density at radius 2 is 1.91 bits per heavy atom. The summed E-state index contributed by atoms with van der Waals surface area (Å²) in [5.74, 6) is -0.213. The molecule has 0 aliphatic carbocycles. The zero-order valence-corrected chi connectivity index (χ0v) is 15.4. The lowest BCUT2D eigenvalue weighted by molar-refractivity contribution is -0.140. The SMILES string of the molecule is CCCCNC(=O)C(C)N(Cc1ccc(Cl)c(Cl)c1)C(=O)CC. The fourth-order valence-electron chi connectivity index (χ4n) is 2.16. The van der Waals surface area contributed by atoms with Gasteiger partial charge in [0, 0.05) is 19.5 Å². The molecular weight excluding hydrogens is 335 g/mol. The molecule has 0 bridgehead atoms. The van der Waals surface area contributed by atoms with Gasteiger partial charge in [0.2, 0.25) is 11.8 Å². The molecule has 6 heteroatoms. The highest BCUT2D eigenvalue weighted by molar-refractivity contribution is 6.42. The van der Waals surface area contributed by atoms with Gasteiger partial charge in [-0.2, -0.15) is 0 Å². The standard InChI is InChI=1S/C17H24Cl2N2O2/c1-4-6-9-20-17(23)12(3)21(16(22)5-2)11-13-7-8-14(18)15(19)10-13/h7-8,10,12H,4-6,9,11H2,1-3H3,(H,20,23). The minimum Gasteiger partial charge on any atom is -0.354 e. The molecule has 0 spiro atoms. The van der Waals surface area contributed by atoms with E-state index >= 15 is 0 Å². The minimum atomic E-state index is -0.534. The average molecular weight is 359 g/mol. The molecule has 1 rings (SSSR count). The number of unbranched alkanes of at least 4 members (excludes halogenated alkanes) is 1. The van der Waals surface area contributed by atoms with Gasteiger partial charge in [0.25, 0.3) is 0 Å². The van der Waals surface area contributed by atoms with E-state index in [9.17, 15) is 9.59 Å². The van der Waals surface area contributed by atoms with Crippen LogP contribution in [0.4, 0.5) is 0 Å². The summed E-state index contributed by atoms with van der Waals surface area (Å²) in [5.41, 5.74) is 0.842. The van der Waals surface area contributed by atoms with Crippen LogP contribution in [0.5, 0.6) is 0 Å². The number of halogens is 2. The number of hydrogen-bond acceptors (Lipinski definition) is 2. The Labute approximate surface area is 148 Å². The highest BCUT2D eigenvalue weighted by atomic mass is 35.5. The quantitative estimate of drug-likeness (QED) is 0.713. The minimum absolute atomic E-state index is 0.0748. The first kappa shape index (κ1) is 19.8. The van der Waals surface area contributed by atoms with Crippen LogP contribution >= 0.6 is 23.2 Å². The highest BCUT2D eigenvalue weighted by Crippen LogP contribution is 2.23. The van der Waals surface area contributed by atoms with E-state index in [1.165, 1.54) is 0 Å². The van der Waals surface area contributed by atoms with Gasteiger partial charge in [-0.15, -0.1) is 0 Å². The average Bonchev–Trinajstić information content (AvgIpc) is 2.54. The summed E-state index contributed by atoms with van der Waals surface area (Å²) in [6.07, 6.45) is 2.27. The van der Waals surface area contributed by atoms with Crippen molar-refractivity contribution in [1.29, 1.82) is 0 Å². The van der Waals surface area contributed by atoms with Gasteiger partial charge in [0.15, 0.2) is 0 Å². The van der Waals surface area contributed by atoms with E-state index in [2.05, 4.69) is 12.2 Å². The van der Waals surface area contributed by atoms with Gasteiger partial charge in [-0.05, 0) is 31.0 Å². The number of benzene rings is 1.